The molecule has 1 N–H and O–H groups in total. The van der Waals surface area contributed by atoms with Crippen molar-refractivity contribution in [1.29, 1.82) is 0 Å². The zero-order chi connectivity index (χ0) is 33.8. The maximum atomic E-state index is 14.4. The molecule has 47 heavy (non-hydrogen) atoms. The maximum Gasteiger partial charge on any atom is 0.340 e. The lowest BCUT2D eigenvalue weighted by atomic mass is 9.76. The summed E-state index contributed by atoms with van der Waals surface area (Å²) in [6.07, 6.45) is 0. The molecule has 0 bridgehead atoms. The number of hydrogen-bond donors (Lipinski definition) is 1. The standard InChI is InChI=1S/C36H36N2O9/c1-6-37(7-2)21-16-17-24-27(18-21)46-26-15-11-14-25(30(26)36(24)23-13-10-9-12-22(23)34(43)47-36)38-31(39)19(4)28(32(38)40)29(20(5)33(41)42)35(44)45-8-3/h9-20,28-29H,6-8H2,1-5H3,(H,41,42). The number of fused-ring (bicyclic) bond motifs is 6. The molecule has 3 aromatic carbocycles. The molecule has 0 saturated carbocycles. The zero-order valence-corrected chi connectivity index (χ0v) is 26.8. The lowest BCUT2D eigenvalue weighted by molar-refractivity contribution is -0.161. The van der Waals surface area contributed by atoms with E-state index in [4.69, 9.17) is 14.2 Å². The predicted octanol–water partition coefficient (Wildman–Crippen LogP) is 5.13. The number of benzene rings is 3. The Morgan fingerprint density at radius 1 is 0.957 bits per heavy atom. The van der Waals surface area contributed by atoms with Crippen molar-refractivity contribution >= 4 is 41.1 Å². The predicted molar refractivity (Wildman–Crippen MR) is 170 cm³/mol. The fraction of sp³-hybridized carbons (Fsp3) is 0.361. The van der Waals surface area contributed by atoms with Gasteiger partial charge in [-0.25, -0.2) is 9.69 Å². The van der Waals surface area contributed by atoms with E-state index in [0.29, 0.717) is 22.4 Å². The molecular weight excluding hydrogens is 604 g/mol. The summed E-state index contributed by atoms with van der Waals surface area (Å²) in [6.45, 7) is 9.98. The Morgan fingerprint density at radius 3 is 2.36 bits per heavy atom. The Balaban J connectivity index is 1.57. The first-order chi connectivity index (χ1) is 22.5. The molecule has 0 radical (unpaired) electrons. The highest BCUT2D eigenvalue weighted by atomic mass is 16.6. The lowest BCUT2D eigenvalue weighted by Crippen LogP contribution is -2.42. The second-order valence-corrected chi connectivity index (χ2v) is 12.0. The number of carboxylic acids is 1. The first-order valence-electron chi connectivity index (χ1n) is 15.8. The third kappa shape index (κ3) is 4.66. The van der Waals surface area contributed by atoms with Crippen LogP contribution in [0.15, 0.2) is 60.7 Å². The highest BCUT2D eigenvalue weighted by Gasteiger charge is 2.59. The quantitative estimate of drug-likeness (QED) is 0.247. The number of carboxylic acid groups (broad SMARTS) is 1. The van der Waals surface area contributed by atoms with E-state index in [-0.39, 0.29) is 23.6 Å². The number of amides is 2. The Kier molecular flexibility index (Phi) is 8.03. The number of carbonyl (C=O) groups is 5. The summed E-state index contributed by atoms with van der Waals surface area (Å²) in [5, 5.41) is 9.86. The monoisotopic (exact) mass is 640 g/mol. The average molecular weight is 641 g/mol. The molecule has 3 heterocycles. The van der Waals surface area contributed by atoms with Crippen LogP contribution in [-0.2, 0) is 34.3 Å². The smallest absolute Gasteiger partial charge is 0.340 e. The minimum atomic E-state index is -1.59. The van der Waals surface area contributed by atoms with Crippen molar-refractivity contribution < 1.29 is 43.3 Å². The maximum absolute atomic E-state index is 14.4. The van der Waals surface area contributed by atoms with Crippen LogP contribution >= 0.6 is 0 Å². The van der Waals surface area contributed by atoms with Gasteiger partial charge in [-0.05, 0) is 51.1 Å². The number of aliphatic carboxylic acids is 1. The second kappa shape index (κ2) is 11.9. The van der Waals surface area contributed by atoms with Gasteiger partial charge in [0, 0.05) is 41.9 Å². The number of ether oxygens (including phenoxy) is 3. The summed E-state index contributed by atoms with van der Waals surface area (Å²) < 4.78 is 18.0. The minimum Gasteiger partial charge on any atom is -0.481 e. The first-order valence-corrected chi connectivity index (χ1v) is 15.8. The normalized spacial score (nSPS) is 22.1. The van der Waals surface area contributed by atoms with E-state index in [1.807, 2.05) is 32.0 Å². The summed E-state index contributed by atoms with van der Waals surface area (Å²) in [7, 11) is 0. The van der Waals surface area contributed by atoms with Gasteiger partial charge in [0.2, 0.25) is 11.8 Å². The summed E-state index contributed by atoms with van der Waals surface area (Å²) >= 11 is 0. The van der Waals surface area contributed by atoms with Gasteiger partial charge < -0.3 is 24.2 Å². The van der Waals surface area contributed by atoms with Gasteiger partial charge in [0.15, 0.2) is 5.60 Å². The Morgan fingerprint density at radius 2 is 1.68 bits per heavy atom. The fourth-order valence-corrected chi connectivity index (χ4v) is 7.26. The average Bonchev–Trinajstić information content (AvgIpc) is 3.46. The molecule has 2 amide bonds. The molecule has 11 heteroatoms. The largest absolute Gasteiger partial charge is 0.481 e. The van der Waals surface area contributed by atoms with E-state index < -0.39 is 59.0 Å². The van der Waals surface area contributed by atoms with Crippen molar-refractivity contribution in [1.82, 2.24) is 0 Å². The number of esters is 2. The summed E-state index contributed by atoms with van der Waals surface area (Å²) in [5.74, 6) is -8.51. The van der Waals surface area contributed by atoms with E-state index in [1.54, 1.807) is 49.4 Å². The molecule has 3 aliphatic heterocycles. The van der Waals surface area contributed by atoms with Crippen LogP contribution in [0.5, 0.6) is 11.5 Å². The Hall–Kier alpha value is -5.19. The lowest BCUT2D eigenvalue weighted by Gasteiger charge is -2.39. The number of imide groups is 1. The number of hydrogen-bond acceptors (Lipinski definition) is 9. The van der Waals surface area contributed by atoms with Crippen LogP contribution in [0, 0.1) is 23.7 Å². The van der Waals surface area contributed by atoms with Gasteiger partial charge >= 0.3 is 17.9 Å². The third-order valence-electron chi connectivity index (χ3n) is 9.59. The molecule has 5 atom stereocenters. The van der Waals surface area contributed by atoms with Gasteiger partial charge in [0.05, 0.1) is 41.2 Å². The zero-order valence-electron chi connectivity index (χ0n) is 26.8. The highest BCUT2D eigenvalue weighted by molar-refractivity contribution is 6.23. The van der Waals surface area contributed by atoms with Crippen LogP contribution in [0.25, 0.3) is 0 Å². The fourth-order valence-electron chi connectivity index (χ4n) is 7.26. The van der Waals surface area contributed by atoms with Gasteiger partial charge in [-0.2, -0.15) is 0 Å². The molecule has 0 aromatic heterocycles. The van der Waals surface area contributed by atoms with Crippen LogP contribution in [0.1, 0.15) is 61.7 Å². The molecule has 11 nitrogen and oxygen atoms in total. The van der Waals surface area contributed by atoms with E-state index in [2.05, 4.69) is 4.90 Å². The summed E-state index contributed by atoms with van der Waals surface area (Å²) in [4.78, 5) is 70.4. The molecule has 3 aliphatic rings. The van der Waals surface area contributed by atoms with E-state index in [9.17, 15) is 29.1 Å². The molecule has 6 rings (SSSR count). The van der Waals surface area contributed by atoms with E-state index in [1.165, 1.54) is 13.8 Å². The highest BCUT2D eigenvalue weighted by Crippen LogP contribution is 2.59. The Labute approximate surface area is 272 Å². The van der Waals surface area contributed by atoms with Gasteiger partial charge in [0.25, 0.3) is 0 Å². The van der Waals surface area contributed by atoms with Crippen LogP contribution in [-0.4, -0.2) is 54.5 Å². The minimum absolute atomic E-state index is 0.0269. The molecular formula is C36H36N2O9. The number of rotatable bonds is 9. The number of carbonyl (C=O) groups excluding carboxylic acids is 4. The van der Waals surface area contributed by atoms with Crippen molar-refractivity contribution in [2.45, 2.75) is 40.2 Å². The Bertz CT molecular complexity index is 1820. The van der Waals surface area contributed by atoms with Gasteiger partial charge in [-0.1, -0.05) is 38.1 Å². The van der Waals surface area contributed by atoms with E-state index in [0.717, 1.165) is 23.7 Å². The number of nitrogens with zero attached hydrogens (tertiary/aromatic N) is 2. The third-order valence-corrected chi connectivity index (χ3v) is 9.59. The SMILES string of the molecule is CCOC(=O)C(C(C)C(=O)O)C1C(=O)N(c2cccc3c2C2(OC(=O)c4ccccc42)c2ccc(N(CC)CC)cc2O3)C(=O)C1C. The van der Waals surface area contributed by atoms with E-state index >= 15 is 0 Å². The van der Waals surface area contributed by atoms with Crippen LogP contribution in [0.4, 0.5) is 11.4 Å². The first kappa shape index (κ1) is 31.8. The van der Waals surface area contributed by atoms with Crippen molar-refractivity contribution in [3.05, 3.63) is 82.9 Å². The van der Waals surface area contributed by atoms with Crippen LogP contribution < -0.4 is 14.5 Å². The van der Waals surface area contributed by atoms with Crippen molar-refractivity contribution in [2.75, 3.05) is 29.5 Å². The van der Waals surface area contributed by atoms with Gasteiger partial charge in [0.1, 0.15) is 11.5 Å². The van der Waals surface area contributed by atoms with Crippen molar-refractivity contribution in [2.24, 2.45) is 23.7 Å². The molecule has 244 valence electrons. The van der Waals surface area contributed by atoms with Crippen LogP contribution in [0.3, 0.4) is 0 Å². The molecule has 0 aliphatic carbocycles. The molecule has 3 aromatic rings. The van der Waals surface area contributed by atoms with Gasteiger partial charge in [-0.15, -0.1) is 0 Å². The second-order valence-electron chi connectivity index (χ2n) is 12.0. The molecule has 1 fully saturated rings. The molecule has 5 unspecified atom stereocenters. The van der Waals surface area contributed by atoms with Gasteiger partial charge in [-0.3, -0.25) is 19.2 Å². The van der Waals surface area contributed by atoms with Crippen LogP contribution in [0.2, 0.25) is 0 Å². The van der Waals surface area contributed by atoms with Crippen molar-refractivity contribution in [3.63, 3.8) is 0 Å². The topological polar surface area (TPSA) is 140 Å². The summed E-state index contributed by atoms with van der Waals surface area (Å²) in [6, 6.07) is 17.5. The van der Waals surface area contributed by atoms with Crippen molar-refractivity contribution in [3.8, 4) is 11.5 Å². The number of anilines is 2. The molecule has 1 saturated heterocycles. The molecule has 1 spiro atoms. The summed E-state index contributed by atoms with van der Waals surface area (Å²) in [5.41, 5.74) is 1.06.